The van der Waals surface area contributed by atoms with Crippen LogP contribution in [0.25, 0.3) is 0 Å². The molecule has 0 spiro atoms. The fourth-order valence-electron chi connectivity index (χ4n) is 4.58. The minimum absolute atomic E-state index is 0.328. The lowest BCUT2D eigenvalue weighted by Gasteiger charge is -2.38. The Balaban J connectivity index is 1.68. The minimum atomic E-state index is -0.807. The highest BCUT2D eigenvalue weighted by Gasteiger charge is 2.35. The standard InChI is InChI=1S/C28H30N2O5/c1-33-24-17-21-14-15-30(26(20-12-8-5-9-13-20)22(21)18-25(24)34-2)28(32)29-23(27(31)35-3)16-19-10-6-4-7-11-19/h4-13,17-18,23,26H,14-16H2,1-3H3,(H,29,32). The van der Waals surface area contributed by atoms with Gasteiger partial charge in [-0.05, 0) is 40.8 Å². The summed E-state index contributed by atoms with van der Waals surface area (Å²) < 4.78 is 16.0. The third-order valence-electron chi connectivity index (χ3n) is 6.32. The number of methoxy groups -OCH3 is 3. The molecule has 7 nitrogen and oxygen atoms in total. The predicted octanol–water partition coefficient (Wildman–Crippen LogP) is 4.15. The summed E-state index contributed by atoms with van der Waals surface area (Å²) in [5.41, 5.74) is 3.96. The van der Waals surface area contributed by atoms with Crippen LogP contribution < -0.4 is 14.8 Å². The molecule has 7 heteroatoms. The first-order valence-corrected chi connectivity index (χ1v) is 11.5. The van der Waals surface area contributed by atoms with E-state index < -0.39 is 12.0 Å². The number of carbonyl (C=O) groups is 2. The van der Waals surface area contributed by atoms with Gasteiger partial charge in [-0.2, -0.15) is 0 Å². The molecule has 2 amide bonds. The molecule has 1 N–H and O–H groups in total. The third kappa shape index (κ3) is 5.24. The lowest BCUT2D eigenvalue weighted by Crippen LogP contribution is -2.52. The summed E-state index contributed by atoms with van der Waals surface area (Å²) in [5.74, 6) is 0.776. The van der Waals surface area contributed by atoms with E-state index >= 15 is 0 Å². The molecule has 1 heterocycles. The molecular weight excluding hydrogens is 444 g/mol. The van der Waals surface area contributed by atoms with Gasteiger partial charge in [-0.3, -0.25) is 0 Å². The first-order chi connectivity index (χ1) is 17.0. The number of nitrogens with one attached hydrogen (secondary N) is 1. The molecule has 3 aromatic rings. The Kier molecular flexibility index (Phi) is 7.55. The second-order valence-corrected chi connectivity index (χ2v) is 8.38. The number of benzene rings is 3. The van der Waals surface area contributed by atoms with Gasteiger partial charge in [0.2, 0.25) is 0 Å². The molecule has 0 saturated carbocycles. The van der Waals surface area contributed by atoms with Crippen LogP contribution in [0.1, 0.15) is 28.3 Å². The van der Waals surface area contributed by atoms with Gasteiger partial charge in [0.1, 0.15) is 6.04 Å². The van der Waals surface area contributed by atoms with E-state index in [1.165, 1.54) is 7.11 Å². The van der Waals surface area contributed by atoms with E-state index in [2.05, 4.69) is 5.32 Å². The maximum absolute atomic E-state index is 13.6. The summed E-state index contributed by atoms with van der Waals surface area (Å²) in [5, 5.41) is 2.92. The van der Waals surface area contributed by atoms with Crippen LogP contribution >= 0.6 is 0 Å². The Morgan fingerprint density at radius 3 is 2.20 bits per heavy atom. The second kappa shape index (κ2) is 11.0. The van der Waals surface area contributed by atoms with Gasteiger partial charge in [-0.25, -0.2) is 9.59 Å². The third-order valence-corrected chi connectivity index (χ3v) is 6.32. The molecule has 182 valence electrons. The topological polar surface area (TPSA) is 77.1 Å². The van der Waals surface area contributed by atoms with Crippen molar-refractivity contribution in [3.63, 3.8) is 0 Å². The van der Waals surface area contributed by atoms with Gasteiger partial charge in [-0.1, -0.05) is 60.7 Å². The molecule has 2 atom stereocenters. The van der Waals surface area contributed by atoms with Gasteiger partial charge >= 0.3 is 12.0 Å². The van der Waals surface area contributed by atoms with Crippen LogP contribution in [-0.4, -0.2) is 50.8 Å². The van der Waals surface area contributed by atoms with Gasteiger partial charge in [0.25, 0.3) is 0 Å². The summed E-state index contributed by atoms with van der Waals surface area (Å²) in [6.45, 7) is 0.479. The summed E-state index contributed by atoms with van der Waals surface area (Å²) in [6, 6.07) is 21.8. The molecule has 0 aliphatic carbocycles. The van der Waals surface area contributed by atoms with Crippen molar-refractivity contribution >= 4 is 12.0 Å². The number of hydrogen-bond acceptors (Lipinski definition) is 5. The largest absolute Gasteiger partial charge is 0.493 e. The highest BCUT2D eigenvalue weighted by Crippen LogP contribution is 2.41. The van der Waals surface area contributed by atoms with E-state index in [0.717, 1.165) is 22.3 Å². The molecule has 35 heavy (non-hydrogen) atoms. The van der Waals surface area contributed by atoms with Crippen molar-refractivity contribution in [3.8, 4) is 11.5 Å². The Hall–Kier alpha value is -4.00. The molecule has 0 fully saturated rings. The van der Waals surface area contributed by atoms with Crippen LogP contribution in [0.4, 0.5) is 4.79 Å². The Bertz CT molecular complexity index is 1170. The zero-order valence-corrected chi connectivity index (χ0v) is 20.2. The molecule has 0 bridgehead atoms. The van der Waals surface area contributed by atoms with Crippen LogP contribution in [0, 0.1) is 0 Å². The van der Waals surface area contributed by atoms with E-state index in [0.29, 0.717) is 30.9 Å². The fourth-order valence-corrected chi connectivity index (χ4v) is 4.58. The summed E-state index contributed by atoms with van der Waals surface area (Å²) in [6.07, 6.45) is 0.985. The van der Waals surface area contributed by atoms with Gasteiger partial charge in [0.15, 0.2) is 11.5 Å². The molecule has 0 aromatic heterocycles. The van der Waals surface area contributed by atoms with Crippen molar-refractivity contribution in [3.05, 3.63) is 95.1 Å². The molecule has 1 aliphatic rings. The maximum Gasteiger partial charge on any atom is 0.328 e. The van der Waals surface area contributed by atoms with Crippen LogP contribution in [-0.2, 0) is 22.4 Å². The van der Waals surface area contributed by atoms with E-state index in [4.69, 9.17) is 14.2 Å². The summed E-state index contributed by atoms with van der Waals surface area (Å²) in [7, 11) is 4.54. The average molecular weight is 475 g/mol. The van der Waals surface area contributed by atoms with Crippen molar-refractivity contribution in [2.24, 2.45) is 0 Å². The van der Waals surface area contributed by atoms with Crippen LogP contribution in [0.5, 0.6) is 11.5 Å². The van der Waals surface area contributed by atoms with Crippen molar-refractivity contribution in [2.75, 3.05) is 27.9 Å². The van der Waals surface area contributed by atoms with Crippen molar-refractivity contribution < 1.29 is 23.8 Å². The normalized spacial score (nSPS) is 15.5. The number of carbonyl (C=O) groups excluding carboxylic acids is 2. The number of ether oxygens (including phenoxy) is 3. The smallest absolute Gasteiger partial charge is 0.328 e. The minimum Gasteiger partial charge on any atom is -0.493 e. The molecule has 0 saturated heterocycles. The molecule has 0 radical (unpaired) electrons. The number of urea groups is 1. The number of amides is 2. The van der Waals surface area contributed by atoms with E-state index in [-0.39, 0.29) is 12.1 Å². The first kappa shape index (κ1) is 24.1. The fraction of sp³-hybridized carbons (Fsp3) is 0.286. The van der Waals surface area contributed by atoms with E-state index in [1.807, 2.05) is 72.8 Å². The van der Waals surface area contributed by atoms with E-state index in [1.54, 1.807) is 19.1 Å². The maximum atomic E-state index is 13.6. The number of rotatable bonds is 7. The number of hydrogen-bond donors (Lipinski definition) is 1. The van der Waals surface area contributed by atoms with Crippen molar-refractivity contribution in [2.45, 2.75) is 24.9 Å². The lowest BCUT2D eigenvalue weighted by atomic mass is 9.88. The summed E-state index contributed by atoms with van der Waals surface area (Å²) in [4.78, 5) is 28.0. The van der Waals surface area contributed by atoms with Crippen LogP contribution in [0.3, 0.4) is 0 Å². The van der Waals surface area contributed by atoms with Gasteiger partial charge in [0.05, 0.1) is 27.4 Å². The average Bonchev–Trinajstić information content (AvgIpc) is 2.91. The van der Waals surface area contributed by atoms with Crippen molar-refractivity contribution in [1.29, 1.82) is 0 Å². The number of fused-ring (bicyclic) bond motifs is 1. The van der Waals surface area contributed by atoms with Crippen LogP contribution in [0.15, 0.2) is 72.8 Å². The molecule has 3 aromatic carbocycles. The number of esters is 1. The predicted molar refractivity (Wildman–Crippen MR) is 133 cm³/mol. The highest BCUT2D eigenvalue weighted by atomic mass is 16.5. The van der Waals surface area contributed by atoms with Gasteiger partial charge < -0.3 is 24.4 Å². The quantitative estimate of drug-likeness (QED) is 0.521. The Labute approximate surface area is 205 Å². The molecule has 2 unspecified atom stereocenters. The molecular formula is C28H30N2O5. The van der Waals surface area contributed by atoms with Crippen LogP contribution in [0.2, 0.25) is 0 Å². The lowest BCUT2D eigenvalue weighted by molar-refractivity contribution is -0.142. The Morgan fingerprint density at radius 2 is 1.57 bits per heavy atom. The number of nitrogens with zero attached hydrogens (tertiary/aromatic N) is 1. The monoisotopic (exact) mass is 474 g/mol. The van der Waals surface area contributed by atoms with Gasteiger partial charge in [0, 0.05) is 13.0 Å². The molecule has 1 aliphatic heterocycles. The molecule has 4 rings (SSSR count). The van der Waals surface area contributed by atoms with E-state index in [9.17, 15) is 9.59 Å². The SMILES string of the molecule is COC(=O)C(Cc1ccccc1)NC(=O)N1CCc2cc(OC)c(OC)cc2C1c1ccccc1. The highest BCUT2D eigenvalue weighted by molar-refractivity contribution is 5.84. The summed E-state index contributed by atoms with van der Waals surface area (Å²) >= 11 is 0. The van der Waals surface area contributed by atoms with Crippen molar-refractivity contribution in [1.82, 2.24) is 10.2 Å². The first-order valence-electron chi connectivity index (χ1n) is 11.5. The zero-order chi connectivity index (χ0) is 24.8. The second-order valence-electron chi connectivity index (χ2n) is 8.38. The Morgan fingerprint density at radius 1 is 0.943 bits per heavy atom. The zero-order valence-electron chi connectivity index (χ0n) is 20.2. The van der Waals surface area contributed by atoms with Gasteiger partial charge in [-0.15, -0.1) is 0 Å².